The number of esters is 1. The summed E-state index contributed by atoms with van der Waals surface area (Å²) in [5.41, 5.74) is 0.560. The van der Waals surface area contributed by atoms with E-state index < -0.39 is 95.2 Å². The molecule has 2 aromatic carbocycles. The fourth-order valence-electron chi connectivity index (χ4n) is 7.88. The number of piperidine rings is 1. The molecule has 3 fully saturated rings. The maximum Gasteiger partial charge on any atom is 0.333 e. The van der Waals surface area contributed by atoms with E-state index in [-0.39, 0.29) is 56.5 Å². The second kappa shape index (κ2) is 18.9. The number of aromatic nitrogens is 1. The lowest BCUT2D eigenvalue weighted by Gasteiger charge is -2.40. The van der Waals surface area contributed by atoms with Crippen LogP contribution < -0.4 is 16.0 Å². The number of amides is 6. The van der Waals surface area contributed by atoms with Crippen LogP contribution in [-0.2, 0) is 44.7 Å². The van der Waals surface area contributed by atoms with Crippen molar-refractivity contribution in [2.45, 2.75) is 94.7 Å². The summed E-state index contributed by atoms with van der Waals surface area (Å²) in [6.07, 6.45) is 0.235. The smallest absolute Gasteiger partial charge is 0.333 e. The summed E-state index contributed by atoms with van der Waals surface area (Å²) in [5.74, 6) is -6.30. The third-order valence-electron chi connectivity index (χ3n) is 11.2. The Hall–Kier alpha value is -6.65. The minimum Gasteiger partial charge on any atom is -0.505 e. The third-order valence-corrected chi connectivity index (χ3v) is 11.2. The Kier molecular flexibility index (Phi) is 13.6. The quantitative estimate of drug-likeness (QED) is 0.259. The minimum absolute atomic E-state index is 0.0410. The summed E-state index contributed by atoms with van der Waals surface area (Å²) in [4.78, 5) is 121. The molecule has 0 spiro atoms. The number of carbonyl (C=O) groups excluding carboxylic acids is 8. The average Bonchev–Trinajstić information content (AvgIpc) is 3.75. The van der Waals surface area contributed by atoms with E-state index in [1.54, 1.807) is 61.5 Å². The predicted molar refractivity (Wildman–Crippen MR) is 213 cm³/mol. The second-order valence-corrected chi connectivity index (χ2v) is 15.2. The number of ketones is 1. The van der Waals surface area contributed by atoms with Gasteiger partial charge in [-0.25, -0.2) is 9.78 Å². The van der Waals surface area contributed by atoms with Gasteiger partial charge in [0.05, 0.1) is 0 Å². The van der Waals surface area contributed by atoms with Gasteiger partial charge in [0.1, 0.15) is 47.8 Å². The first kappa shape index (κ1) is 42.9. The molecule has 3 aromatic rings. The number of fused-ring (bicyclic) bond motifs is 2. The lowest BCUT2D eigenvalue weighted by molar-refractivity contribution is -0.156. The van der Waals surface area contributed by atoms with E-state index in [0.29, 0.717) is 6.42 Å². The van der Waals surface area contributed by atoms with Gasteiger partial charge in [-0.05, 0) is 49.4 Å². The number of hydrogen-bond donors (Lipinski definition) is 4. The number of nitrogens with zero attached hydrogens (tertiary/aromatic N) is 4. The van der Waals surface area contributed by atoms with Crippen LogP contribution in [0.15, 0.2) is 79.0 Å². The molecule has 6 amide bonds. The van der Waals surface area contributed by atoms with E-state index in [4.69, 9.17) is 4.74 Å². The molecule has 0 radical (unpaired) electrons. The molecule has 4 N–H and O–H groups in total. The van der Waals surface area contributed by atoms with Crippen molar-refractivity contribution in [2.24, 2.45) is 0 Å². The van der Waals surface area contributed by atoms with Crippen molar-refractivity contribution in [2.75, 3.05) is 20.1 Å². The normalized spacial score (nSPS) is 26.1. The standard InChI is InChI=1S/C43H49N7O10/c1-4-29-40(56)49-21-12-17-30(49)41(57)48(3)32(23-26-13-7-5-8-14-26)42(58)50-22-19-28(51)24-31(50)37(53)47-35(27-15-9-6-10-16-27)43(59)60-25(2)34(38(54)45-29)46-39(55)36-33(52)18-11-20-44-36/h5-11,13-16,18,20,25,29-32,34-35,52H,4,12,17,19,21-24H2,1-3H3,(H,45,54)(H,46,55)(H,47,53)/t25-,29-,30+,31+,32+,34+,35+/m1/s1. The van der Waals surface area contributed by atoms with Crippen molar-refractivity contribution in [1.29, 1.82) is 0 Å². The summed E-state index contributed by atoms with van der Waals surface area (Å²) in [5, 5.41) is 18.2. The van der Waals surface area contributed by atoms with Gasteiger partial charge in [-0.15, -0.1) is 0 Å². The van der Waals surface area contributed by atoms with Gasteiger partial charge in [-0.3, -0.25) is 33.6 Å². The summed E-state index contributed by atoms with van der Waals surface area (Å²) in [7, 11) is 1.47. The van der Waals surface area contributed by atoms with Crippen molar-refractivity contribution in [3.8, 4) is 5.75 Å². The molecule has 0 saturated carbocycles. The molecule has 3 aliphatic rings. The fourth-order valence-corrected chi connectivity index (χ4v) is 7.88. The van der Waals surface area contributed by atoms with Crippen LogP contribution in [0.4, 0.5) is 0 Å². The lowest BCUT2D eigenvalue weighted by atomic mass is 9.95. The number of Topliss-reactive ketones (excluding diaryl/α,β-unsaturated/α-hetero) is 1. The molecule has 3 aliphatic heterocycles. The highest BCUT2D eigenvalue weighted by atomic mass is 16.5. The molecule has 17 nitrogen and oxygen atoms in total. The Morgan fingerprint density at radius 3 is 2.22 bits per heavy atom. The first-order chi connectivity index (χ1) is 28.8. The van der Waals surface area contributed by atoms with Crippen LogP contribution in [0.3, 0.4) is 0 Å². The van der Waals surface area contributed by atoms with Crippen LogP contribution in [0.5, 0.6) is 5.75 Å². The fraction of sp³-hybridized carbons (Fsp3) is 0.419. The van der Waals surface area contributed by atoms with Crippen molar-refractivity contribution in [1.82, 2.24) is 35.6 Å². The summed E-state index contributed by atoms with van der Waals surface area (Å²) < 4.78 is 5.83. The number of hydrogen-bond acceptors (Lipinski definition) is 11. The van der Waals surface area contributed by atoms with Gasteiger partial charge in [-0.1, -0.05) is 67.6 Å². The molecule has 4 heterocycles. The van der Waals surface area contributed by atoms with Crippen molar-refractivity contribution >= 4 is 47.2 Å². The van der Waals surface area contributed by atoms with Gasteiger partial charge < -0.3 is 40.5 Å². The van der Waals surface area contributed by atoms with E-state index in [1.165, 1.54) is 47.0 Å². The van der Waals surface area contributed by atoms with Gasteiger partial charge in [-0.2, -0.15) is 0 Å². The van der Waals surface area contributed by atoms with Gasteiger partial charge in [0.15, 0.2) is 11.7 Å². The zero-order valence-corrected chi connectivity index (χ0v) is 33.6. The van der Waals surface area contributed by atoms with Gasteiger partial charge in [0.25, 0.3) is 5.91 Å². The van der Waals surface area contributed by atoms with Crippen LogP contribution in [0, 0.1) is 0 Å². The van der Waals surface area contributed by atoms with E-state index in [2.05, 4.69) is 20.9 Å². The number of cyclic esters (lactones) is 1. The van der Waals surface area contributed by atoms with E-state index in [0.717, 1.165) is 5.56 Å². The molecule has 316 valence electrons. The highest BCUT2D eigenvalue weighted by molar-refractivity contribution is 6.01. The molecule has 6 rings (SSSR count). The molecule has 0 unspecified atom stereocenters. The zero-order valence-electron chi connectivity index (χ0n) is 33.6. The number of benzene rings is 2. The number of carbonyl (C=O) groups is 8. The molecule has 3 saturated heterocycles. The number of aromatic hydroxyl groups is 1. The molecule has 0 bridgehead atoms. The largest absolute Gasteiger partial charge is 0.505 e. The first-order valence-corrected chi connectivity index (χ1v) is 20.0. The molecular formula is C43H49N7O10. The molecule has 17 heteroatoms. The number of nitrogens with one attached hydrogen (secondary N) is 3. The zero-order chi connectivity index (χ0) is 43.1. The van der Waals surface area contributed by atoms with Crippen molar-refractivity contribution in [3.63, 3.8) is 0 Å². The molecule has 7 atom stereocenters. The number of likely N-dealkylation sites (N-methyl/N-ethyl adjacent to an activating group) is 1. The van der Waals surface area contributed by atoms with Crippen LogP contribution in [0.1, 0.15) is 73.6 Å². The van der Waals surface area contributed by atoms with Crippen LogP contribution >= 0.6 is 0 Å². The van der Waals surface area contributed by atoms with Crippen molar-refractivity contribution in [3.05, 3.63) is 95.8 Å². The number of pyridine rings is 1. The maximum absolute atomic E-state index is 14.8. The topological polar surface area (TPSA) is 225 Å². The number of rotatable bonds is 6. The molecule has 0 aliphatic carbocycles. The Labute approximate surface area is 346 Å². The Morgan fingerprint density at radius 2 is 1.53 bits per heavy atom. The minimum atomic E-state index is -1.68. The number of ether oxygens (including phenoxy) is 1. The predicted octanol–water partition coefficient (Wildman–Crippen LogP) is 1.20. The van der Waals surface area contributed by atoms with Gasteiger partial charge in [0.2, 0.25) is 29.5 Å². The molecule has 60 heavy (non-hydrogen) atoms. The Morgan fingerprint density at radius 1 is 0.850 bits per heavy atom. The van der Waals surface area contributed by atoms with Crippen LogP contribution in [0.25, 0.3) is 0 Å². The van der Waals surface area contributed by atoms with Crippen LogP contribution in [-0.4, -0.2) is 128 Å². The molecule has 1 aromatic heterocycles. The van der Waals surface area contributed by atoms with Gasteiger partial charge >= 0.3 is 5.97 Å². The lowest BCUT2D eigenvalue weighted by Crippen LogP contribution is -2.61. The first-order valence-electron chi connectivity index (χ1n) is 20.0. The second-order valence-electron chi connectivity index (χ2n) is 15.2. The van der Waals surface area contributed by atoms with E-state index in [1.807, 2.05) is 6.07 Å². The van der Waals surface area contributed by atoms with Gasteiger partial charge in [0, 0.05) is 45.6 Å². The third kappa shape index (κ3) is 9.45. The summed E-state index contributed by atoms with van der Waals surface area (Å²) >= 11 is 0. The Balaban J connectivity index is 1.43. The Bertz CT molecular complexity index is 2120. The monoisotopic (exact) mass is 823 g/mol. The molecular weight excluding hydrogens is 775 g/mol. The maximum atomic E-state index is 14.8. The van der Waals surface area contributed by atoms with Crippen LogP contribution in [0.2, 0.25) is 0 Å². The van der Waals surface area contributed by atoms with E-state index in [9.17, 15) is 43.5 Å². The van der Waals surface area contributed by atoms with E-state index >= 15 is 0 Å². The highest BCUT2D eigenvalue weighted by Crippen LogP contribution is 2.26. The summed E-state index contributed by atoms with van der Waals surface area (Å²) in [6, 6.07) is 11.7. The highest BCUT2D eigenvalue weighted by Gasteiger charge is 2.45. The summed E-state index contributed by atoms with van der Waals surface area (Å²) in [6.45, 7) is 3.03. The SMILES string of the molecule is CC[C@H]1NC(=O)[C@@H](NC(=O)c2ncccc2O)[C@@H](C)OC(=O)[C@H](c2ccccc2)NC(=O)[C@@H]2CC(=O)CCN2C(=O)[C@H](Cc2ccccc2)N(C)C(=O)[C@@H]2CCCN2C1=O. The van der Waals surface area contributed by atoms with Crippen molar-refractivity contribution < 1.29 is 48.2 Å². The average molecular weight is 824 g/mol.